The average Bonchev–Trinajstić information content (AvgIpc) is 2.94. The van der Waals surface area contributed by atoms with E-state index in [0.717, 1.165) is 16.9 Å². The van der Waals surface area contributed by atoms with Gasteiger partial charge < -0.3 is 9.15 Å². The molecular weight excluding hydrogens is 336 g/mol. The molecule has 25 heavy (non-hydrogen) atoms. The Kier molecular flexibility index (Phi) is 4.78. The lowest BCUT2D eigenvalue weighted by atomic mass is 10.1. The highest BCUT2D eigenvalue weighted by Crippen LogP contribution is 2.20. The monoisotopic (exact) mass is 350 g/mol. The van der Waals surface area contributed by atoms with Gasteiger partial charge in [0.05, 0.1) is 11.7 Å². The van der Waals surface area contributed by atoms with Crippen molar-refractivity contribution in [2.45, 2.75) is 6.92 Å². The van der Waals surface area contributed by atoms with E-state index in [2.05, 4.69) is 10.9 Å². The summed E-state index contributed by atoms with van der Waals surface area (Å²) in [6.45, 7) is 2.13. The molecule has 0 radical (unpaired) electrons. The molecule has 0 amide bonds. The number of aryl methyl sites for hydroxylation is 1. The van der Waals surface area contributed by atoms with Crippen LogP contribution in [-0.2, 0) is 0 Å². The molecule has 0 unspecified atom stereocenters. The molecule has 0 aliphatic carbocycles. The number of pyridine rings is 1. The highest BCUT2D eigenvalue weighted by atomic mass is 32.1. The lowest BCUT2D eigenvalue weighted by molar-refractivity contribution is 0.0969. The van der Waals surface area contributed by atoms with Gasteiger partial charge in [-0.3, -0.25) is 9.78 Å². The topological polar surface area (TPSA) is 57.3 Å². The summed E-state index contributed by atoms with van der Waals surface area (Å²) in [5, 5.41) is 0. The SMILES string of the molecule is C#CCOc1ccc(/C=C/C(=O)n2c(=S)oc3cnccc32)cc1C. The largest absolute Gasteiger partial charge is 0.481 e. The number of allylic oxidation sites excluding steroid dienone is 1. The summed E-state index contributed by atoms with van der Waals surface area (Å²) >= 11 is 5.12. The Morgan fingerprint density at radius 2 is 2.32 bits per heavy atom. The number of terminal acetylenes is 1. The van der Waals surface area contributed by atoms with E-state index in [1.54, 1.807) is 18.3 Å². The van der Waals surface area contributed by atoms with Crippen LogP contribution in [0.25, 0.3) is 17.2 Å². The number of hydrogen-bond acceptors (Lipinski definition) is 5. The van der Waals surface area contributed by atoms with Crippen LogP contribution in [0.3, 0.4) is 0 Å². The molecule has 3 rings (SSSR count). The summed E-state index contributed by atoms with van der Waals surface area (Å²) in [5.74, 6) is 2.85. The van der Waals surface area contributed by atoms with Gasteiger partial charge in [-0.1, -0.05) is 12.0 Å². The Bertz CT molecular complexity index is 1070. The van der Waals surface area contributed by atoms with Crippen LogP contribution in [0.15, 0.2) is 47.2 Å². The Labute approximate surface area is 149 Å². The van der Waals surface area contributed by atoms with Crippen LogP contribution in [0, 0.1) is 24.1 Å². The maximum absolute atomic E-state index is 12.5. The number of hydrogen-bond donors (Lipinski definition) is 0. The van der Waals surface area contributed by atoms with E-state index >= 15 is 0 Å². The second kappa shape index (κ2) is 7.16. The standard InChI is InChI=1S/C19H14N2O3S/c1-3-10-23-16-6-4-14(11-13(16)2)5-7-18(22)21-15-8-9-20-12-17(15)24-19(21)25/h1,4-9,11-12H,10H2,2H3/b7-5+. The Balaban J connectivity index is 1.85. The molecule has 2 aromatic heterocycles. The fourth-order valence-electron chi connectivity index (χ4n) is 2.38. The zero-order valence-corrected chi connectivity index (χ0v) is 14.2. The maximum Gasteiger partial charge on any atom is 0.276 e. The summed E-state index contributed by atoms with van der Waals surface area (Å²) in [5.41, 5.74) is 2.85. The summed E-state index contributed by atoms with van der Waals surface area (Å²) in [4.78, 5) is 16.5. The van der Waals surface area contributed by atoms with Gasteiger partial charge in [0.15, 0.2) is 5.58 Å². The van der Waals surface area contributed by atoms with Crippen molar-refractivity contribution in [2.24, 2.45) is 0 Å². The highest BCUT2D eigenvalue weighted by molar-refractivity contribution is 7.71. The van der Waals surface area contributed by atoms with Crippen LogP contribution in [0.2, 0.25) is 0 Å². The minimum Gasteiger partial charge on any atom is -0.481 e. The lowest BCUT2D eigenvalue weighted by Gasteiger charge is -2.06. The minimum absolute atomic E-state index is 0.0897. The first-order valence-electron chi connectivity index (χ1n) is 7.45. The Morgan fingerprint density at radius 1 is 1.48 bits per heavy atom. The summed E-state index contributed by atoms with van der Waals surface area (Å²) < 4.78 is 12.1. The molecule has 6 heteroatoms. The molecular formula is C19H14N2O3S. The van der Waals surface area contributed by atoms with Gasteiger partial charge in [0.25, 0.3) is 10.7 Å². The van der Waals surface area contributed by atoms with Crippen molar-refractivity contribution in [3.8, 4) is 18.1 Å². The molecule has 2 heterocycles. The van der Waals surface area contributed by atoms with Gasteiger partial charge in [-0.2, -0.15) is 0 Å². The van der Waals surface area contributed by atoms with Crippen molar-refractivity contribution in [3.63, 3.8) is 0 Å². The molecule has 0 spiro atoms. The number of benzene rings is 1. The van der Waals surface area contributed by atoms with E-state index in [-0.39, 0.29) is 17.4 Å². The fraction of sp³-hybridized carbons (Fsp3) is 0.105. The first-order valence-corrected chi connectivity index (χ1v) is 7.86. The van der Waals surface area contributed by atoms with Crippen LogP contribution >= 0.6 is 12.2 Å². The van der Waals surface area contributed by atoms with Gasteiger partial charge in [0.2, 0.25) is 0 Å². The third kappa shape index (κ3) is 3.52. The zero-order valence-electron chi connectivity index (χ0n) is 13.4. The molecule has 0 saturated carbocycles. The van der Waals surface area contributed by atoms with Crippen molar-refractivity contribution in [1.82, 2.24) is 9.55 Å². The normalized spacial score (nSPS) is 10.9. The third-order valence-electron chi connectivity index (χ3n) is 3.53. The van der Waals surface area contributed by atoms with Crippen molar-refractivity contribution < 1.29 is 13.9 Å². The molecule has 124 valence electrons. The van der Waals surface area contributed by atoms with E-state index in [4.69, 9.17) is 27.8 Å². The Hall–Kier alpha value is -3.17. The number of nitrogens with zero attached hydrogens (tertiary/aromatic N) is 2. The molecule has 5 nitrogen and oxygen atoms in total. The molecule has 1 aromatic carbocycles. The number of carbonyl (C=O) groups excluding carboxylic acids is 1. The number of oxazole rings is 1. The molecule has 0 aliphatic heterocycles. The third-order valence-corrected chi connectivity index (χ3v) is 3.80. The molecule has 0 aliphatic rings. The summed E-state index contributed by atoms with van der Waals surface area (Å²) in [6.07, 6.45) is 11.5. The van der Waals surface area contributed by atoms with Gasteiger partial charge in [-0.15, -0.1) is 6.42 Å². The predicted octanol–water partition coefficient (Wildman–Crippen LogP) is 4.03. The van der Waals surface area contributed by atoms with Crippen LogP contribution in [0.5, 0.6) is 5.75 Å². The fourth-order valence-corrected chi connectivity index (χ4v) is 2.66. The van der Waals surface area contributed by atoms with Gasteiger partial charge in [0.1, 0.15) is 12.4 Å². The van der Waals surface area contributed by atoms with Crippen LogP contribution in [0.4, 0.5) is 0 Å². The van der Waals surface area contributed by atoms with Crippen LogP contribution in [0.1, 0.15) is 15.9 Å². The van der Waals surface area contributed by atoms with E-state index in [1.807, 2.05) is 25.1 Å². The van der Waals surface area contributed by atoms with Crippen molar-refractivity contribution >= 4 is 35.3 Å². The van der Waals surface area contributed by atoms with Gasteiger partial charge in [-0.25, -0.2) is 4.57 Å². The first kappa shape index (κ1) is 16.7. The van der Waals surface area contributed by atoms with Gasteiger partial charge in [-0.05, 0) is 54.5 Å². The zero-order chi connectivity index (χ0) is 17.8. The van der Waals surface area contributed by atoms with Crippen molar-refractivity contribution in [2.75, 3.05) is 6.61 Å². The van der Waals surface area contributed by atoms with Gasteiger partial charge >= 0.3 is 0 Å². The Morgan fingerprint density at radius 3 is 3.08 bits per heavy atom. The molecule has 3 aromatic rings. The van der Waals surface area contributed by atoms with E-state index in [1.165, 1.54) is 16.8 Å². The number of aromatic nitrogens is 2. The highest BCUT2D eigenvalue weighted by Gasteiger charge is 2.11. The number of ether oxygens (including phenoxy) is 1. The van der Waals surface area contributed by atoms with E-state index in [9.17, 15) is 4.79 Å². The summed E-state index contributed by atoms with van der Waals surface area (Å²) in [6, 6.07) is 7.26. The predicted molar refractivity (Wildman–Crippen MR) is 98.0 cm³/mol. The smallest absolute Gasteiger partial charge is 0.276 e. The first-order chi connectivity index (χ1) is 12.1. The van der Waals surface area contributed by atoms with E-state index < -0.39 is 0 Å². The number of rotatable bonds is 4. The number of fused-ring (bicyclic) bond motifs is 1. The molecule has 0 atom stereocenters. The summed E-state index contributed by atoms with van der Waals surface area (Å²) in [7, 11) is 0. The molecule has 0 bridgehead atoms. The van der Waals surface area contributed by atoms with Crippen LogP contribution < -0.4 is 4.74 Å². The molecule has 0 saturated heterocycles. The lowest BCUT2D eigenvalue weighted by Crippen LogP contribution is -2.06. The van der Waals surface area contributed by atoms with Crippen molar-refractivity contribution in [3.05, 3.63) is 58.7 Å². The average molecular weight is 350 g/mol. The second-order valence-electron chi connectivity index (χ2n) is 5.24. The quantitative estimate of drug-likeness (QED) is 0.404. The van der Waals surface area contributed by atoms with Crippen LogP contribution in [-0.4, -0.2) is 22.1 Å². The number of carbonyl (C=O) groups is 1. The van der Waals surface area contributed by atoms with E-state index in [0.29, 0.717) is 11.1 Å². The molecule has 0 fully saturated rings. The maximum atomic E-state index is 12.5. The van der Waals surface area contributed by atoms with Gasteiger partial charge in [0, 0.05) is 12.3 Å². The van der Waals surface area contributed by atoms with Crippen molar-refractivity contribution in [1.29, 1.82) is 0 Å². The minimum atomic E-state index is -0.291. The molecule has 0 N–H and O–H groups in total. The second-order valence-corrected chi connectivity index (χ2v) is 5.59.